The molecule has 1 unspecified atom stereocenters. The molecular weight excluding hydrogens is 347 g/mol. The second-order valence-electron chi connectivity index (χ2n) is 6.50. The van der Waals surface area contributed by atoms with Crippen molar-refractivity contribution in [1.29, 1.82) is 0 Å². The quantitative estimate of drug-likeness (QED) is 0.504. The van der Waals surface area contributed by atoms with Crippen LogP contribution in [-0.2, 0) is 4.74 Å². The summed E-state index contributed by atoms with van der Waals surface area (Å²) in [4.78, 5) is 0. The van der Waals surface area contributed by atoms with Gasteiger partial charge in [0.1, 0.15) is 0 Å². The first-order chi connectivity index (χ1) is 9.02. The fourth-order valence-electron chi connectivity index (χ4n) is 2.88. The summed E-state index contributed by atoms with van der Waals surface area (Å²) in [5.41, 5.74) is 3.23. The van der Waals surface area contributed by atoms with Crippen molar-refractivity contribution in [1.82, 2.24) is 0 Å². The first-order valence-electron chi connectivity index (χ1n) is 7.29. The lowest BCUT2D eigenvalue weighted by Gasteiger charge is -2.36. The van der Waals surface area contributed by atoms with Crippen molar-refractivity contribution in [2.45, 2.75) is 58.7 Å². The van der Waals surface area contributed by atoms with Gasteiger partial charge in [-0.1, -0.05) is 60.7 Å². The van der Waals surface area contributed by atoms with Crippen molar-refractivity contribution in [2.24, 2.45) is 5.41 Å². The number of aryl methyl sites for hydroxylation is 1. The average Bonchev–Trinajstić information content (AvgIpc) is 2.39. The van der Waals surface area contributed by atoms with Crippen molar-refractivity contribution in [3.63, 3.8) is 0 Å². The van der Waals surface area contributed by atoms with Crippen LogP contribution >= 0.6 is 22.6 Å². The lowest BCUT2D eigenvalue weighted by Crippen LogP contribution is -2.28. The first kappa shape index (κ1) is 15.3. The van der Waals surface area contributed by atoms with Crippen LogP contribution in [0.4, 0.5) is 0 Å². The van der Waals surface area contributed by atoms with Gasteiger partial charge in [0.15, 0.2) is 0 Å². The third-order valence-electron chi connectivity index (χ3n) is 4.32. The zero-order valence-corrected chi connectivity index (χ0v) is 14.4. The van der Waals surface area contributed by atoms with E-state index in [1.165, 1.54) is 36.8 Å². The lowest BCUT2D eigenvalue weighted by molar-refractivity contribution is -0.0359. The summed E-state index contributed by atoms with van der Waals surface area (Å²) < 4.78 is 7.42. The molecule has 0 heterocycles. The van der Waals surface area contributed by atoms with Crippen molar-refractivity contribution in [2.75, 3.05) is 4.43 Å². The Bertz CT molecular complexity index is 403. The number of rotatable bonds is 4. The number of alkyl halides is 1. The number of halogens is 1. The van der Waals surface area contributed by atoms with E-state index in [4.69, 9.17) is 4.74 Å². The maximum absolute atomic E-state index is 6.39. The Labute approximate surface area is 131 Å². The lowest BCUT2D eigenvalue weighted by atomic mass is 9.76. The Morgan fingerprint density at radius 2 is 1.89 bits per heavy atom. The molecule has 0 bridgehead atoms. The Morgan fingerprint density at radius 1 is 1.26 bits per heavy atom. The zero-order valence-electron chi connectivity index (χ0n) is 12.3. The molecule has 0 N–H and O–H groups in total. The topological polar surface area (TPSA) is 9.23 Å². The largest absolute Gasteiger partial charge is 0.369 e. The van der Waals surface area contributed by atoms with Crippen LogP contribution in [0.5, 0.6) is 0 Å². The van der Waals surface area contributed by atoms with E-state index in [1.54, 1.807) is 0 Å². The predicted octanol–water partition coefficient (Wildman–Crippen LogP) is 5.46. The van der Waals surface area contributed by atoms with E-state index < -0.39 is 0 Å². The zero-order chi connectivity index (χ0) is 13.9. The molecule has 0 saturated heterocycles. The van der Waals surface area contributed by atoms with Gasteiger partial charge in [0.2, 0.25) is 0 Å². The molecule has 1 atom stereocenters. The Kier molecular flexibility index (Phi) is 5.29. The minimum absolute atomic E-state index is 0.257. The molecule has 1 fully saturated rings. The van der Waals surface area contributed by atoms with E-state index in [2.05, 4.69) is 67.6 Å². The summed E-state index contributed by atoms with van der Waals surface area (Å²) in [7, 11) is 0. The molecule has 0 amide bonds. The van der Waals surface area contributed by atoms with Crippen LogP contribution in [0.15, 0.2) is 24.3 Å². The van der Waals surface area contributed by atoms with E-state index in [0.29, 0.717) is 11.5 Å². The first-order valence-corrected chi connectivity index (χ1v) is 8.81. The molecule has 2 heteroatoms. The van der Waals surface area contributed by atoms with Gasteiger partial charge in [-0.25, -0.2) is 0 Å². The molecule has 106 valence electrons. The third kappa shape index (κ3) is 4.19. The van der Waals surface area contributed by atoms with Crippen LogP contribution in [0.2, 0.25) is 0 Å². The van der Waals surface area contributed by atoms with E-state index in [-0.39, 0.29) is 6.10 Å². The average molecular weight is 372 g/mol. The van der Waals surface area contributed by atoms with E-state index in [0.717, 1.165) is 4.43 Å². The second kappa shape index (κ2) is 6.57. The number of hydrogen-bond donors (Lipinski definition) is 0. The van der Waals surface area contributed by atoms with Crippen LogP contribution in [0.3, 0.4) is 0 Å². The van der Waals surface area contributed by atoms with Crippen molar-refractivity contribution >= 4 is 22.6 Å². The molecule has 1 aliphatic carbocycles. The van der Waals surface area contributed by atoms with Gasteiger partial charge in [0, 0.05) is 4.43 Å². The van der Waals surface area contributed by atoms with Crippen LogP contribution < -0.4 is 0 Å². The number of ether oxygens (including phenoxy) is 1. The maximum atomic E-state index is 6.39. The minimum Gasteiger partial charge on any atom is -0.369 e. The van der Waals surface area contributed by atoms with E-state index >= 15 is 0 Å². The molecule has 19 heavy (non-hydrogen) atoms. The molecule has 0 radical (unpaired) electrons. The molecule has 1 aliphatic rings. The minimum atomic E-state index is 0.257. The highest BCUT2D eigenvalue weighted by Gasteiger charge is 2.29. The van der Waals surface area contributed by atoms with Gasteiger partial charge in [-0.15, -0.1) is 0 Å². The highest BCUT2D eigenvalue weighted by Crippen LogP contribution is 2.38. The summed E-state index contributed by atoms with van der Waals surface area (Å²) >= 11 is 2.45. The summed E-state index contributed by atoms with van der Waals surface area (Å²) in [6.07, 6.45) is 5.72. The van der Waals surface area contributed by atoms with Gasteiger partial charge in [0.05, 0.1) is 12.2 Å². The summed E-state index contributed by atoms with van der Waals surface area (Å²) in [5, 5.41) is 0. The summed E-state index contributed by atoms with van der Waals surface area (Å²) in [5.74, 6) is 0. The smallest absolute Gasteiger partial charge is 0.0920 e. The van der Waals surface area contributed by atoms with Gasteiger partial charge in [-0.2, -0.15) is 0 Å². The van der Waals surface area contributed by atoms with Crippen molar-refractivity contribution in [3.8, 4) is 0 Å². The Morgan fingerprint density at radius 3 is 2.47 bits per heavy atom. The van der Waals surface area contributed by atoms with Crippen molar-refractivity contribution < 1.29 is 4.74 Å². The Balaban J connectivity index is 1.99. The molecule has 1 saturated carbocycles. The maximum Gasteiger partial charge on any atom is 0.0920 e. The standard InChI is InChI=1S/C17H25IO/c1-13-6-4-5-7-15(13)16(12-18)19-14-8-10-17(2,3)11-9-14/h4-7,14,16H,8-12H2,1-3H3. The molecule has 2 rings (SSSR count). The second-order valence-corrected chi connectivity index (χ2v) is 7.38. The van der Waals surface area contributed by atoms with E-state index in [1.807, 2.05) is 0 Å². The van der Waals surface area contributed by atoms with Gasteiger partial charge in [-0.3, -0.25) is 0 Å². The van der Waals surface area contributed by atoms with Crippen molar-refractivity contribution in [3.05, 3.63) is 35.4 Å². The normalized spacial score (nSPS) is 21.3. The highest BCUT2D eigenvalue weighted by molar-refractivity contribution is 14.1. The predicted molar refractivity (Wildman–Crippen MR) is 89.9 cm³/mol. The molecular formula is C17H25IO. The van der Waals surface area contributed by atoms with Crippen LogP contribution in [0, 0.1) is 12.3 Å². The highest BCUT2D eigenvalue weighted by atomic mass is 127. The van der Waals surface area contributed by atoms with Gasteiger partial charge < -0.3 is 4.74 Å². The molecule has 0 spiro atoms. The fourth-order valence-corrected chi connectivity index (χ4v) is 3.56. The summed E-state index contributed by atoms with van der Waals surface area (Å²) in [6.45, 7) is 6.93. The molecule has 1 nitrogen and oxygen atoms in total. The van der Waals surface area contributed by atoms with E-state index in [9.17, 15) is 0 Å². The van der Waals surface area contributed by atoms with Gasteiger partial charge in [0.25, 0.3) is 0 Å². The SMILES string of the molecule is Cc1ccccc1C(CI)OC1CCC(C)(C)CC1. The van der Waals surface area contributed by atoms with Crippen LogP contribution in [-0.4, -0.2) is 10.5 Å². The Hall–Kier alpha value is -0.0900. The van der Waals surface area contributed by atoms with Gasteiger partial charge >= 0.3 is 0 Å². The summed E-state index contributed by atoms with van der Waals surface area (Å²) in [6, 6.07) is 8.62. The number of benzene rings is 1. The monoisotopic (exact) mass is 372 g/mol. The molecule has 0 aliphatic heterocycles. The molecule has 1 aromatic carbocycles. The van der Waals surface area contributed by atoms with Crippen LogP contribution in [0.25, 0.3) is 0 Å². The fraction of sp³-hybridized carbons (Fsp3) is 0.647. The molecule has 0 aromatic heterocycles. The number of hydrogen-bond acceptors (Lipinski definition) is 1. The molecule has 1 aromatic rings. The van der Waals surface area contributed by atoms with Gasteiger partial charge in [-0.05, 0) is 49.1 Å². The third-order valence-corrected chi connectivity index (χ3v) is 5.12. The van der Waals surface area contributed by atoms with Crippen LogP contribution in [0.1, 0.15) is 56.8 Å².